The normalized spacial score (nSPS) is 22.0. The fraction of sp³-hybridized carbons (Fsp3) is 0.684. The maximum absolute atomic E-state index is 12.9. The van der Waals surface area contributed by atoms with E-state index in [4.69, 9.17) is 4.74 Å². The molecule has 1 N–H and O–H groups in total. The molecular weight excluding hydrogens is 302 g/mol. The summed E-state index contributed by atoms with van der Waals surface area (Å²) in [6.07, 6.45) is 4.46. The van der Waals surface area contributed by atoms with Crippen molar-refractivity contribution in [2.24, 2.45) is 0 Å². The first-order chi connectivity index (χ1) is 11.2. The Hall–Kier alpha value is -1.62. The van der Waals surface area contributed by atoms with Crippen molar-refractivity contribution in [2.75, 3.05) is 18.4 Å². The van der Waals surface area contributed by atoms with Gasteiger partial charge in [0.25, 0.3) is 0 Å². The molecule has 0 atom stereocenters. The number of amides is 2. The second-order valence-corrected chi connectivity index (χ2v) is 8.08. The number of aryl methyl sites for hydroxylation is 3. The molecule has 0 radical (unpaired) electrons. The molecule has 1 saturated heterocycles. The Morgan fingerprint density at radius 2 is 1.88 bits per heavy atom. The number of carbonyl (C=O) groups excluding carboxylic acids is 1. The highest BCUT2D eigenvalue weighted by atomic mass is 16.5. The number of hydrogen-bond acceptors (Lipinski definition) is 3. The van der Waals surface area contributed by atoms with Crippen molar-refractivity contribution < 1.29 is 9.53 Å². The maximum atomic E-state index is 12.9. The van der Waals surface area contributed by atoms with Crippen LogP contribution in [0.1, 0.15) is 56.5 Å². The third kappa shape index (κ3) is 3.41. The molecule has 0 unspecified atom stereocenters. The number of nitrogens with one attached hydrogen (secondary N) is 1. The van der Waals surface area contributed by atoms with E-state index in [1.807, 2.05) is 31.7 Å². The lowest BCUT2D eigenvalue weighted by atomic mass is 9.94. The highest BCUT2D eigenvalue weighted by molar-refractivity contribution is 5.91. The molecule has 2 amide bonds. The van der Waals surface area contributed by atoms with Crippen molar-refractivity contribution in [3.63, 3.8) is 0 Å². The maximum Gasteiger partial charge on any atom is 0.322 e. The number of carbonyl (C=O) groups is 1. The van der Waals surface area contributed by atoms with E-state index in [0.717, 1.165) is 35.5 Å². The van der Waals surface area contributed by atoms with E-state index < -0.39 is 0 Å². The number of morpholine rings is 1. The van der Waals surface area contributed by atoms with Crippen LogP contribution < -0.4 is 5.32 Å². The molecule has 1 aromatic rings. The zero-order valence-corrected chi connectivity index (χ0v) is 15.5. The molecule has 2 fully saturated rings. The second kappa shape index (κ2) is 6.03. The predicted octanol–water partition coefficient (Wildman–Crippen LogP) is 3.96. The number of pyridine rings is 1. The zero-order chi connectivity index (χ0) is 17.5. The summed E-state index contributed by atoms with van der Waals surface area (Å²) in [6, 6.07) is 1.96. The summed E-state index contributed by atoms with van der Waals surface area (Å²) in [5.41, 5.74) is 3.25. The number of ether oxygens (including phenoxy) is 1. The van der Waals surface area contributed by atoms with Crippen LogP contribution in [0.25, 0.3) is 0 Å². The van der Waals surface area contributed by atoms with Gasteiger partial charge in [0.1, 0.15) is 0 Å². The van der Waals surface area contributed by atoms with E-state index in [-0.39, 0.29) is 17.2 Å². The SMILES string of the molecule is Cc1cc(C)c(NC(=O)N2CC(C)(C)OC3(CCCC3)C2)c(C)n1. The summed E-state index contributed by atoms with van der Waals surface area (Å²) in [5, 5.41) is 3.09. The first kappa shape index (κ1) is 17.2. The minimum atomic E-state index is -0.310. The van der Waals surface area contributed by atoms with Gasteiger partial charge in [0.15, 0.2) is 0 Å². The molecule has 132 valence electrons. The van der Waals surface area contributed by atoms with Gasteiger partial charge in [-0.15, -0.1) is 0 Å². The summed E-state index contributed by atoms with van der Waals surface area (Å²) in [4.78, 5) is 19.3. The van der Waals surface area contributed by atoms with Gasteiger partial charge in [-0.25, -0.2) is 4.79 Å². The molecule has 1 aromatic heterocycles. The first-order valence-electron chi connectivity index (χ1n) is 8.91. The quantitative estimate of drug-likeness (QED) is 0.847. The molecular formula is C19H29N3O2. The summed E-state index contributed by atoms with van der Waals surface area (Å²) in [6.45, 7) is 11.4. The lowest BCUT2D eigenvalue weighted by Crippen LogP contribution is -2.60. The van der Waals surface area contributed by atoms with E-state index in [0.29, 0.717) is 13.1 Å². The molecule has 3 rings (SSSR count). The number of urea groups is 1. The highest BCUT2D eigenvalue weighted by Gasteiger charge is 2.47. The van der Waals surface area contributed by atoms with Crippen LogP contribution in [0.15, 0.2) is 6.07 Å². The van der Waals surface area contributed by atoms with Crippen molar-refractivity contribution in [3.8, 4) is 0 Å². The van der Waals surface area contributed by atoms with E-state index in [9.17, 15) is 4.79 Å². The fourth-order valence-corrected chi connectivity index (χ4v) is 4.34. The zero-order valence-electron chi connectivity index (χ0n) is 15.5. The standard InChI is InChI=1S/C19H29N3O2/c1-13-10-14(2)20-15(3)16(13)21-17(23)22-11-18(4,5)24-19(12-22)8-6-7-9-19/h10H,6-9,11-12H2,1-5H3,(H,21,23). The Morgan fingerprint density at radius 1 is 1.21 bits per heavy atom. The number of hydrogen-bond donors (Lipinski definition) is 1. The number of aromatic nitrogens is 1. The third-order valence-electron chi connectivity index (χ3n) is 5.10. The van der Waals surface area contributed by atoms with Gasteiger partial charge in [0.2, 0.25) is 0 Å². The highest BCUT2D eigenvalue weighted by Crippen LogP contribution is 2.40. The lowest BCUT2D eigenvalue weighted by Gasteiger charge is -2.48. The van der Waals surface area contributed by atoms with Gasteiger partial charge in [-0.3, -0.25) is 4.98 Å². The van der Waals surface area contributed by atoms with Crippen LogP contribution in [-0.2, 0) is 4.74 Å². The summed E-state index contributed by atoms with van der Waals surface area (Å²) < 4.78 is 6.38. The van der Waals surface area contributed by atoms with Crippen LogP contribution >= 0.6 is 0 Å². The molecule has 1 spiro atoms. The molecule has 0 aromatic carbocycles. The van der Waals surface area contributed by atoms with Gasteiger partial charge in [0.05, 0.1) is 35.7 Å². The van der Waals surface area contributed by atoms with E-state index >= 15 is 0 Å². The van der Waals surface area contributed by atoms with Crippen LogP contribution in [-0.4, -0.2) is 40.2 Å². The molecule has 2 aliphatic rings. The summed E-state index contributed by atoms with van der Waals surface area (Å²) in [5.74, 6) is 0. The van der Waals surface area contributed by atoms with Gasteiger partial charge in [-0.05, 0) is 59.1 Å². The third-order valence-corrected chi connectivity index (χ3v) is 5.10. The van der Waals surface area contributed by atoms with Crippen LogP contribution in [0, 0.1) is 20.8 Å². The van der Waals surface area contributed by atoms with Gasteiger partial charge in [0, 0.05) is 5.69 Å². The minimum absolute atomic E-state index is 0.0468. The van der Waals surface area contributed by atoms with Gasteiger partial charge in [-0.1, -0.05) is 12.8 Å². The smallest absolute Gasteiger partial charge is 0.322 e. The van der Waals surface area contributed by atoms with E-state index in [1.54, 1.807) is 0 Å². The van der Waals surface area contributed by atoms with Crippen LogP contribution in [0.3, 0.4) is 0 Å². The second-order valence-electron chi connectivity index (χ2n) is 8.08. The summed E-state index contributed by atoms with van der Waals surface area (Å²) in [7, 11) is 0. The van der Waals surface area contributed by atoms with Crippen molar-refractivity contribution >= 4 is 11.7 Å². The van der Waals surface area contributed by atoms with E-state index in [2.05, 4.69) is 24.1 Å². The number of rotatable bonds is 1. The lowest BCUT2D eigenvalue weighted by molar-refractivity contribution is -0.183. The van der Waals surface area contributed by atoms with Crippen molar-refractivity contribution in [1.82, 2.24) is 9.88 Å². The monoisotopic (exact) mass is 331 g/mol. The Bertz CT molecular complexity index is 625. The van der Waals surface area contributed by atoms with Crippen molar-refractivity contribution in [2.45, 2.75) is 71.5 Å². The summed E-state index contributed by atoms with van der Waals surface area (Å²) >= 11 is 0. The molecule has 5 nitrogen and oxygen atoms in total. The Morgan fingerprint density at radius 3 is 2.50 bits per heavy atom. The topological polar surface area (TPSA) is 54.5 Å². The fourth-order valence-electron chi connectivity index (χ4n) is 4.34. The molecule has 1 aliphatic carbocycles. The Balaban J connectivity index is 1.79. The average molecular weight is 331 g/mol. The Labute approximate surface area is 144 Å². The average Bonchev–Trinajstić information content (AvgIpc) is 2.87. The molecule has 1 aliphatic heterocycles. The molecule has 24 heavy (non-hydrogen) atoms. The first-order valence-corrected chi connectivity index (χ1v) is 8.91. The minimum Gasteiger partial charge on any atom is -0.365 e. The Kier molecular flexibility index (Phi) is 4.32. The van der Waals surface area contributed by atoms with Crippen molar-refractivity contribution in [1.29, 1.82) is 0 Å². The van der Waals surface area contributed by atoms with Crippen molar-refractivity contribution in [3.05, 3.63) is 23.0 Å². The van der Waals surface area contributed by atoms with Gasteiger partial charge >= 0.3 is 6.03 Å². The van der Waals surface area contributed by atoms with Gasteiger partial charge in [-0.2, -0.15) is 0 Å². The largest absolute Gasteiger partial charge is 0.365 e. The van der Waals surface area contributed by atoms with Crippen LogP contribution in [0.5, 0.6) is 0 Å². The molecule has 0 bridgehead atoms. The van der Waals surface area contributed by atoms with Crippen LogP contribution in [0.4, 0.5) is 10.5 Å². The number of nitrogens with zero attached hydrogens (tertiary/aromatic N) is 2. The van der Waals surface area contributed by atoms with Crippen LogP contribution in [0.2, 0.25) is 0 Å². The molecule has 2 heterocycles. The van der Waals surface area contributed by atoms with E-state index in [1.165, 1.54) is 12.8 Å². The van der Waals surface area contributed by atoms with Gasteiger partial charge < -0.3 is 15.0 Å². The number of anilines is 1. The molecule has 5 heteroatoms. The predicted molar refractivity (Wildman–Crippen MR) is 95.4 cm³/mol. The molecule has 1 saturated carbocycles.